The zero-order valence-electron chi connectivity index (χ0n) is 7.87. The van der Waals surface area contributed by atoms with Gasteiger partial charge in [-0.3, -0.25) is 0 Å². The fourth-order valence-corrected chi connectivity index (χ4v) is 2.91. The first kappa shape index (κ1) is 9.99. The summed E-state index contributed by atoms with van der Waals surface area (Å²) in [5.74, 6) is 1.59. The van der Waals surface area contributed by atoms with Gasteiger partial charge in [0.2, 0.25) is 0 Å². The molecular weight excluding hydrogens is 199 g/mol. The maximum atomic E-state index is 12.7. The molecule has 1 saturated heterocycles. The second-order valence-electron chi connectivity index (χ2n) is 3.69. The minimum Gasteiger partial charge on any atom is -0.384 e. The van der Waals surface area contributed by atoms with Gasteiger partial charge in [-0.15, -0.1) is 0 Å². The summed E-state index contributed by atoms with van der Waals surface area (Å²) >= 11 is 1.76. The second kappa shape index (κ2) is 3.91. The van der Waals surface area contributed by atoms with Crippen molar-refractivity contribution in [1.82, 2.24) is 0 Å². The van der Waals surface area contributed by atoms with Crippen LogP contribution in [0.25, 0.3) is 0 Å². The molecule has 3 heteroatoms. The predicted octanol–water partition coefficient (Wildman–Crippen LogP) is 2.54. The molecule has 0 aromatic heterocycles. The van der Waals surface area contributed by atoms with Crippen LogP contribution in [0.4, 0.5) is 4.39 Å². The molecule has 1 aliphatic heterocycles. The average Bonchev–Trinajstić information content (AvgIpc) is 2.19. The van der Waals surface area contributed by atoms with Gasteiger partial charge in [0.1, 0.15) is 5.82 Å². The molecule has 1 N–H and O–H groups in total. The fraction of sp³-hybridized carbons (Fsp3) is 0.455. The van der Waals surface area contributed by atoms with Crippen molar-refractivity contribution in [3.05, 3.63) is 35.6 Å². The topological polar surface area (TPSA) is 20.2 Å². The maximum Gasteiger partial charge on any atom is 0.123 e. The lowest BCUT2D eigenvalue weighted by Crippen LogP contribution is -2.31. The first-order valence-corrected chi connectivity index (χ1v) is 5.92. The van der Waals surface area contributed by atoms with E-state index in [1.54, 1.807) is 23.9 Å². The van der Waals surface area contributed by atoms with Crippen molar-refractivity contribution in [2.45, 2.75) is 18.4 Å². The van der Waals surface area contributed by atoms with Crippen LogP contribution in [0.3, 0.4) is 0 Å². The van der Waals surface area contributed by atoms with Crippen LogP contribution in [-0.2, 0) is 5.60 Å². The Morgan fingerprint density at radius 1 is 1.29 bits per heavy atom. The van der Waals surface area contributed by atoms with Crippen LogP contribution < -0.4 is 0 Å². The molecule has 1 atom stereocenters. The van der Waals surface area contributed by atoms with Crippen molar-refractivity contribution >= 4 is 11.8 Å². The van der Waals surface area contributed by atoms with Crippen molar-refractivity contribution < 1.29 is 9.50 Å². The van der Waals surface area contributed by atoms with Crippen molar-refractivity contribution in [2.75, 3.05) is 11.5 Å². The van der Waals surface area contributed by atoms with Crippen LogP contribution in [0.5, 0.6) is 0 Å². The summed E-state index contributed by atoms with van der Waals surface area (Å²) < 4.78 is 12.7. The third-order valence-electron chi connectivity index (χ3n) is 2.60. The standard InChI is InChI=1S/C11H13FOS/c12-10-4-2-9(3-5-10)11(13)6-1-7-14-8-11/h2-5,13H,1,6-8H2/t11-/m1/s1. The highest BCUT2D eigenvalue weighted by Gasteiger charge is 2.31. The molecule has 1 heterocycles. The van der Waals surface area contributed by atoms with E-state index in [0.717, 1.165) is 29.9 Å². The molecule has 0 aliphatic carbocycles. The van der Waals surface area contributed by atoms with Crippen molar-refractivity contribution in [3.63, 3.8) is 0 Å². The smallest absolute Gasteiger partial charge is 0.123 e. The normalized spacial score (nSPS) is 27.6. The van der Waals surface area contributed by atoms with Gasteiger partial charge >= 0.3 is 0 Å². The number of halogens is 1. The van der Waals surface area contributed by atoms with E-state index >= 15 is 0 Å². The first-order valence-electron chi connectivity index (χ1n) is 4.77. The summed E-state index contributed by atoms with van der Waals surface area (Å²) in [6.07, 6.45) is 1.81. The highest BCUT2D eigenvalue weighted by atomic mass is 32.2. The molecule has 14 heavy (non-hydrogen) atoms. The molecule has 1 aliphatic rings. The first-order chi connectivity index (χ1) is 6.71. The van der Waals surface area contributed by atoms with E-state index in [1.807, 2.05) is 0 Å². The lowest BCUT2D eigenvalue weighted by atomic mass is 9.91. The Bertz CT molecular complexity index is 304. The molecule has 1 aromatic carbocycles. The molecular formula is C11H13FOS. The van der Waals surface area contributed by atoms with Crippen molar-refractivity contribution in [2.24, 2.45) is 0 Å². The minimum absolute atomic E-state index is 0.249. The molecule has 0 spiro atoms. The van der Waals surface area contributed by atoms with Gasteiger partial charge in [0.05, 0.1) is 5.60 Å². The summed E-state index contributed by atoms with van der Waals surface area (Å²) in [6.45, 7) is 0. The van der Waals surface area contributed by atoms with Crippen molar-refractivity contribution in [1.29, 1.82) is 0 Å². The van der Waals surface area contributed by atoms with Gasteiger partial charge in [-0.25, -0.2) is 4.39 Å². The Labute approximate surface area is 87.3 Å². The Hall–Kier alpha value is -0.540. The zero-order chi connectivity index (χ0) is 10.0. The highest BCUT2D eigenvalue weighted by Crippen LogP contribution is 2.35. The van der Waals surface area contributed by atoms with E-state index in [9.17, 15) is 9.50 Å². The SMILES string of the molecule is O[C@]1(c2ccc(F)cc2)CCCSC1. The summed E-state index contributed by atoms with van der Waals surface area (Å²) in [6, 6.07) is 6.18. The molecule has 0 unspecified atom stereocenters. The molecule has 1 aromatic rings. The van der Waals surface area contributed by atoms with Crippen LogP contribution in [-0.4, -0.2) is 16.6 Å². The lowest BCUT2D eigenvalue weighted by molar-refractivity contribution is 0.0495. The molecule has 76 valence electrons. The summed E-state index contributed by atoms with van der Waals surface area (Å²) in [4.78, 5) is 0. The number of hydrogen-bond donors (Lipinski definition) is 1. The molecule has 0 saturated carbocycles. The number of thioether (sulfide) groups is 1. The highest BCUT2D eigenvalue weighted by molar-refractivity contribution is 7.99. The van der Waals surface area contributed by atoms with Gasteiger partial charge in [0.15, 0.2) is 0 Å². The Balaban J connectivity index is 2.23. The Morgan fingerprint density at radius 3 is 2.57 bits per heavy atom. The molecule has 1 nitrogen and oxygen atoms in total. The lowest BCUT2D eigenvalue weighted by Gasteiger charge is -2.32. The monoisotopic (exact) mass is 212 g/mol. The van der Waals surface area contributed by atoms with Gasteiger partial charge < -0.3 is 5.11 Å². The summed E-state index contributed by atoms with van der Waals surface area (Å²) in [5.41, 5.74) is 0.0995. The molecule has 0 radical (unpaired) electrons. The quantitative estimate of drug-likeness (QED) is 0.772. The summed E-state index contributed by atoms with van der Waals surface area (Å²) in [7, 11) is 0. The van der Waals surface area contributed by atoms with E-state index < -0.39 is 5.60 Å². The zero-order valence-corrected chi connectivity index (χ0v) is 8.69. The fourth-order valence-electron chi connectivity index (χ4n) is 1.77. The number of rotatable bonds is 1. The van der Waals surface area contributed by atoms with Gasteiger partial charge in [-0.1, -0.05) is 12.1 Å². The maximum absolute atomic E-state index is 12.7. The molecule has 2 rings (SSSR count). The number of benzene rings is 1. The van der Waals surface area contributed by atoms with Crippen LogP contribution in [0.15, 0.2) is 24.3 Å². The number of aliphatic hydroxyl groups is 1. The van der Waals surface area contributed by atoms with E-state index in [2.05, 4.69) is 0 Å². The van der Waals surface area contributed by atoms with E-state index in [1.165, 1.54) is 12.1 Å². The van der Waals surface area contributed by atoms with Crippen LogP contribution in [0, 0.1) is 5.82 Å². The van der Waals surface area contributed by atoms with E-state index in [4.69, 9.17) is 0 Å². The van der Waals surface area contributed by atoms with E-state index in [-0.39, 0.29) is 5.82 Å². The molecule has 0 bridgehead atoms. The van der Waals surface area contributed by atoms with Gasteiger partial charge in [0, 0.05) is 5.75 Å². The Kier molecular flexibility index (Phi) is 2.79. The minimum atomic E-state index is -0.739. The van der Waals surface area contributed by atoms with Gasteiger partial charge in [-0.2, -0.15) is 11.8 Å². The second-order valence-corrected chi connectivity index (χ2v) is 4.80. The number of hydrogen-bond acceptors (Lipinski definition) is 2. The third-order valence-corrected chi connectivity index (χ3v) is 3.86. The van der Waals surface area contributed by atoms with E-state index in [0.29, 0.717) is 0 Å². The third kappa shape index (κ3) is 1.93. The van der Waals surface area contributed by atoms with Crippen LogP contribution in [0.2, 0.25) is 0 Å². The predicted molar refractivity (Wildman–Crippen MR) is 56.9 cm³/mol. The van der Waals surface area contributed by atoms with Crippen LogP contribution in [0.1, 0.15) is 18.4 Å². The Morgan fingerprint density at radius 2 is 2.00 bits per heavy atom. The average molecular weight is 212 g/mol. The largest absolute Gasteiger partial charge is 0.384 e. The van der Waals surface area contributed by atoms with Crippen LogP contribution >= 0.6 is 11.8 Å². The van der Waals surface area contributed by atoms with Gasteiger partial charge in [-0.05, 0) is 36.3 Å². The van der Waals surface area contributed by atoms with Crippen molar-refractivity contribution in [3.8, 4) is 0 Å². The molecule has 0 amide bonds. The molecule has 1 fully saturated rings. The van der Waals surface area contributed by atoms with Gasteiger partial charge in [0.25, 0.3) is 0 Å². The summed E-state index contributed by atoms with van der Waals surface area (Å²) in [5, 5.41) is 10.3.